The van der Waals surface area contributed by atoms with Crippen molar-refractivity contribution in [3.63, 3.8) is 0 Å². The van der Waals surface area contributed by atoms with E-state index in [1.54, 1.807) is 37.5 Å². The highest BCUT2D eigenvalue weighted by Crippen LogP contribution is 2.21. The molecule has 28 heavy (non-hydrogen) atoms. The zero-order chi connectivity index (χ0) is 19.9. The van der Waals surface area contributed by atoms with Gasteiger partial charge in [-0.3, -0.25) is 10.1 Å². The first-order valence-corrected chi connectivity index (χ1v) is 8.77. The molecule has 1 heterocycles. The third-order valence-corrected chi connectivity index (χ3v) is 4.06. The molecule has 3 aromatic rings. The molecule has 0 aliphatic rings. The summed E-state index contributed by atoms with van der Waals surface area (Å²) in [5, 5.41) is 10.8. The predicted molar refractivity (Wildman–Crippen MR) is 105 cm³/mol. The van der Waals surface area contributed by atoms with Gasteiger partial charge in [0, 0.05) is 31.1 Å². The lowest BCUT2D eigenvalue weighted by Gasteiger charge is -2.11. The summed E-state index contributed by atoms with van der Waals surface area (Å²) in [6.45, 7) is 2.51. The Morgan fingerprint density at radius 1 is 1.18 bits per heavy atom. The van der Waals surface area contributed by atoms with E-state index >= 15 is 0 Å². The number of nitrogens with zero attached hydrogens (tertiary/aromatic N) is 3. The third-order valence-electron chi connectivity index (χ3n) is 4.06. The molecule has 0 unspecified atom stereocenters. The van der Waals surface area contributed by atoms with Gasteiger partial charge in [-0.15, -0.1) is 0 Å². The molecule has 3 rings (SSSR count). The smallest absolute Gasteiger partial charge is 0.341 e. The van der Waals surface area contributed by atoms with E-state index in [0.29, 0.717) is 17.9 Å². The monoisotopic (exact) mass is 377 g/mol. The van der Waals surface area contributed by atoms with E-state index in [2.05, 4.69) is 4.98 Å². The molecule has 0 bridgehead atoms. The Morgan fingerprint density at radius 3 is 2.54 bits per heavy atom. The van der Waals surface area contributed by atoms with E-state index in [1.165, 1.54) is 12.1 Å². The van der Waals surface area contributed by atoms with Gasteiger partial charge in [0.1, 0.15) is 11.4 Å². The Labute approximate surface area is 162 Å². The minimum Gasteiger partial charge on any atom is -0.462 e. The number of carbonyl (C=O) groups excluding carboxylic acids is 1. The van der Waals surface area contributed by atoms with Crippen LogP contribution in [0.4, 0.5) is 5.69 Å². The van der Waals surface area contributed by atoms with Crippen molar-refractivity contribution in [3.8, 4) is 0 Å². The molecule has 0 amide bonds. The zero-order valence-electron chi connectivity index (χ0n) is 15.3. The molecular weight excluding hydrogens is 358 g/mol. The maximum Gasteiger partial charge on any atom is 0.341 e. The molecule has 0 saturated carbocycles. The number of hydrogen-bond donors (Lipinski definition) is 0. The summed E-state index contributed by atoms with van der Waals surface area (Å²) in [6.07, 6.45) is 5.05. The number of nitro benzene ring substituents is 1. The fourth-order valence-electron chi connectivity index (χ4n) is 2.74. The van der Waals surface area contributed by atoms with Crippen molar-refractivity contribution >= 4 is 23.3 Å². The van der Waals surface area contributed by atoms with Gasteiger partial charge in [0.05, 0.1) is 11.5 Å². The molecule has 0 atom stereocenters. The third kappa shape index (κ3) is 4.50. The van der Waals surface area contributed by atoms with Crippen molar-refractivity contribution in [1.82, 2.24) is 9.55 Å². The van der Waals surface area contributed by atoms with Crippen LogP contribution in [-0.2, 0) is 16.1 Å². The number of carbonyl (C=O) groups is 1. The first-order chi connectivity index (χ1) is 13.6. The molecule has 0 aliphatic heterocycles. The molecule has 0 spiro atoms. The van der Waals surface area contributed by atoms with Crippen LogP contribution in [0.5, 0.6) is 0 Å². The Bertz CT molecular complexity index is 992. The Hall–Kier alpha value is -3.74. The van der Waals surface area contributed by atoms with Crippen molar-refractivity contribution in [2.45, 2.75) is 13.5 Å². The van der Waals surface area contributed by atoms with Gasteiger partial charge in [0.2, 0.25) is 0 Å². The molecule has 0 aliphatic carbocycles. The molecule has 7 nitrogen and oxygen atoms in total. The van der Waals surface area contributed by atoms with Gasteiger partial charge >= 0.3 is 5.97 Å². The second-order valence-corrected chi connectivity index (χ2v) is 5.99. The fraction of sp³-hybridized carbons (Fsp3) is 0.143. The number of non-ortho nitro benzene ring substituents is 1. The van der Waals surface area contributed by atoms with E-state index in [0.717, 1.165) is 5.56 Å². The number of aromatic nitrogens is 2. The van der Waals surface area contributed by atoms with Gasteiger partial charge < -0.3 is 9.30 Å². The normalized spacial score (nSPS) is 11.2. The van der Waals surface area contributed by atoms with E-state index < -0.39 is 10.9 Å². The van der Waals surface area contributed by atoms with Gasteiger partial charge in [0.15, 0.2) is 0 Å². The number of nitro groups is 1. The summed E-state index contributed by atoms with van der Waals surface area (Å²) in [6, 6.07) is 15.8. The quantitative estimate of drug-likeness (QED) is 0.269. The number of hydrogen-bond acceptors (Lipinski definition) is 5. The van der Waals surface area contributed by atoms with Crippen LogP contribution >= 0.6 is 0 Å². The second-order valence-electron chi connectivity index (χ2n) is 5.99. The summed E-state index contributed by atoms with van der Waals surface area (Å²) in [7, 11) is 0. The number of esters is 1. The van der Waals surface area contributed by atoms with Crippen molar-refractivity contribution < 1.29 is 14.5 Å². The van der Waals surface area contributed by atoms with Crippen molar-refractivity contribution in [2.24, 2.45) is 0 Å². The minimum atomic E-state index is -0.499. The standard InChI is InChI=1S/C21H19N3O4/c1-2-28-21(25)19(14-16-8-10-18(11-9-16)24(26)27)20-22-12-13-23(20)15-17-6-4-3-5-7-17/h3-14H,2,15H2,1H3/b19-14+. The van der Waals surface area contributed by atoms with E-state index in [1.807, 2.05) is 34.9 Å². The summed E-state index contributed by atoms with van der Waals surface area (Å²) >= 11 is 0. The maximum atomic E-state index is 12.6. The summed E-state index contributed by atoms with van der Waals surface area (Å²) in [4.78, 5) is 27.3. The molecule has 0 N–H and O–H groups in total. The highest BCUT2D eigenvalue weighted by Gasteiger charge is 2.19. The maximum absolute atomic E-state index is 12.6. The topological polar surface area (TPSA) is 87.3 Å². The van der Waals surface area contributed by atoms with Crippen molar-refractivity contribution in [3.05, 3.63) is 94.1 Å². The lowest BCUT2D eigenvalue weighted by molar-refractivity contribution is -0.384. The van der Waals surface area contributed by atoms with Gasteiger partial charge in [-0.2, -0.15) is 0 Å². The van der Waals surface area contributed by atoms with E-state index in [4.69, 9.17) is 4.74 Å². The average Bonchev–Trinajstić information content (AvgIpc) is 3.15. The van der Waals surface area contributed by atoms with Crippen LogP contribution in [0, 0.1) is 10.1 Å². The first-order valence-electron chi connectivity index (χ1n) is 8.77. The summed E-state index contributed by atoms with van der Waals surface area (Å²) < 4.78 is 7.06. The van der Waals surface area contributed by atoms with Gasteiger partial charge in [0.25, 0.3) is 5.69 Å². The molecule has 0 saturated heterocycles. The van der Waals surface area contributed by atoms with Crippen LogP contribution in [0.15, 0.2) is 67.0 Å². The summed E-state index contributed by atoms with van der Waals surface area (Å²) in [5.41, 5.74) is 1.99. The van der Waals surface area contributed by atoms with Crippen LogP contribution in [0.25, 0.3) is 11.6 Å². The lowest BCUT2D eigenvalue weighted by atomic mass is 10.1. The summed E-state index contributed by atoms with van der Waals surface area (Å²) in [5.74, 6) is -0.0259. The molecule has 7 heteroatoms. The van der Waals surface area contributed by atoms with Gasteiger partial charge in [-0.05, 0) is 36.3 Å². The van der Waals surface area contributed by atoms with Crippen LogP contribution in [0.2, 0.25) is 0 Å². The molecule has 1 aromatic heterocycles. The van der Waals surface area contributed by atoms with E-state index in [9.17, 15) is 14.9 Å². The Balaban J connectivity index is 1.98. The molecule has 2 aromatic carbocycles. The first kappa shape index (κ1) is 19.0. The van der Waals surface area contributed by atoms with Gasteiger partial charge in [-0.25, -0.2) is 9.78 Å². The molecule has 0 radical (unpaired) electrons. The SMILES string of the molecule is CCOC(=O)/C(=C/c1ccc([N+](=O)[O-])cc1)c1nccn1Cc1ccccc1. The lowest BCUT2D eigenvalue weighted by Crippen LogP contribution is -2.12. The average molecular weight is 377 g/mol. The molecular formula is C21H19N3O4. The Kier molecular flexibility index (Phi) is 5.96. The highest BCUT2D eigenvalue weighted by atomic mass is 16.6. The van der Waals surface area contributed by atoms with Crippen LogP contribution in [-0.4, -0.2) is 27.1 Å². The van der Waals surface area contributed by atoms with E-state index in [-0.39, 0.29) is 17.9 Å². The van der Waals surface area contributed by atoms with Crippen LogP contribution < -0.4 is 0 Å². The number of rotatable bonds is 7. The minimum absolute atomic E-state index is 0.0135. The second kappa shape index (κ2) is 8.77. The number of imidazole rings is 1. The van der Waals surface area contributed by atoms with Crippen molar-refractivity contribution in [2.75, 3.05) is 6.61 Å². The zero-order valence-corrected chi connectivity index (χ0v) is 15.3. The number of ether oxygens (including phenoxy) is 1. The van der Waals surface area contributed by atoms with Crippen molar-refractivity contribution in [1.29, 1.82) is 0 Å². The van der Waals surface area contributed by atoms with Crippen LogP contribution in [0.1, 0.15) is 23.9 Å². The Morgan fingerprint density at radius 2 is 1.89 bits per heavy atom. The predicted octanol–water partition coefficient (Wildman–Crippen LogP) is 3.94. The fourth-order valence-corrected chi connectivity index (χ4v) is 2.74. The van der Waals surface area contributed by atoms with Crippen LogP contribution in [0.3, 0.4) is 0 Å². The number of benzene rings is 2. The molecule has 142 valence electrons. The largest absolute Gasteiger partial charge is 0.462 e. The highest BCUT2D eigenvalue weighted by molar-refractivity contribution is 6.20. The van der Waals surface area contributed by atoms with Gasteiger partial charge in [-0.1, -0.05) is 30.3 Å². The molecule has 0 fully saturated rings.